The van der Waals surface area contributed by atoms with E-state index in [0.717, 1.165) is 11.3 Å². The summed E-state index contributed by atoms with van der Waals surface area (Å²) in [7, 11) is -1.03. The first-order valence-corrected chi connectivity index (χ1v) is 9.51. The van der Waals surface area contributed by atoms with Crippen molar-refractivity contribution < 1.29 is 27.4 Å². The Morgan fingerprint density at radius 3 is 2.52 bits per heavy atom. The van der Waals surface area contributed by atoms with E-state index in [-0.39, 0.29) is 27.3 Å². The van der Waals surface area contributed by atoms with Gasteiger partial charge in [-0.05, 0) is 26.0 Å². The average molecular weight is 386 g/mol. The van der Waals surface area contributed by atoms with Gasteiger partial charge in [0, 0.05) is 6.07 Å². The van der Waals surface area contributed by atoms with Gasteiger partial charge in [-0.25, -0.2) is 18.2 Å². The summed E-state index contributed by atoms with van der Waals surface area (Å²) in [5, 5.41) is 0.0790. The predicted molar refractivity (Wildman–Crippen MR) is 93.2 cm³/mol. The van der Waals surface area contributed by atoms with Crippen LogP contribution in [0, 0.1) is 6.92 Å². The van der Waals surface area contributed by atoms with Gasteiger partial charge in [0.15, 0.2) is 16.6 Å². The molecule has 0 aliphatic carbocycles. The van der Waals surface area contributed by atoms with Crippen molar-refractivity contribution >= 4 is 32.5 Å². The van der Waals surface area contributed by atoms with E-state index in [9.17, 15) is 13.2 Å². The van der Waals surface area contributed by atoms with Crippen LogP contribution in [-0.2, 0) is 14.8 Å². The number of rotatable bonds is 7. The third-order valence-corrected chi connectivity index (χ3v) is 5.66. The Morgan fingerprint density at radius 2 is 1.92 bits per heavy atom. The standard InChI is InChI=1S/C15H18N2O6S2/c1-5-23-14(18)13-9(2)16-15(24-13)17-25(19,20)10-6-7-11(21-3)12(8-10)22-4/h6-8H,5H2,1-4H3,(H,16,17). The van der Waals surface area contributed by atoms with Gasteiger partial charge >= 0.3 is 5.97 Å². The highest BCUT2D eigenvalue weighted by molar-refractivity contribution is 7.93. The average Bonchev–Trinajstić information content (AvgIpc) is 2.94. The van der Waals surface area contributed by atoms with Crippen molar-refractivity contribution in [3.05, 3.63) is 28.8 Å². The predicted octanol–water partition coefficient (Wildman–Crippen LogP) is 2.45. The molecule has 0 radical (unpaired) electrons. The Labute approximate surface area is 149 Å². The number of carbonyl (C=O) groups is 1. The smallest absolute Gasteiger partial charge is 0.350 e. The quantitative estimate of drug-likeness (QED) is 0.729. The number of anilines is 1. The number of sulfonamides is 1. The van der Waals surface area contributed by atoms with E-state index >= 15 is 0 Å². The number of carbonyl (C=O) groups excluding carboxylic acids is 1. The summed E-state index contributed by atoms with van der Waals surface area (Å²) in [6.45, 7) is 3.52. The molecule has 1 aromatic heterocycles. The molecule has 25 heavy (non-hydrogen) atoms. The molecule has 0 unspecified atom stereocenters. The zero-order valence-electron chi connectivity index (χ0n) is 14.2. The summed E-state index contributed by atoms with van der Waals surface area (Å²) < 4.78 is 42.5. The Hall–Kier alpha value is -2.33. The Bertz CT molecular complexity index is 876. The molecule has 0 atom stereocenters. The fraction of sp³-hybridized carbons (Fsp3) is 0.333. The number of aromatic nitrogens is 1. The second-order valence-corrected chi connectivity index (χ2v) is 7.46. The zero-order chi connectivity index (χ0) is 18.6. The monoisotopic (exact) mass is 386 g/mol. The van der Waals surface area contributed by atoms with Crippen molar-refractivity contribution in [2.45, 2.75) is 18.7 Å². The minimum Gasteiger partial charge on any atom is -0.493 e. The summed E-state index contributed by atoms with van der Waals surface area (Å²) >= 11 is 0.915. The molecule has 2 rings (SSSR count). The molecular weight excluding hydrogens is 368 g/mol. The number of nitrogens with one attached hydrogen (secondary N) is 1. The van der Waals surface area contributed by atoms with Crippen LogP contribution in [0.1, 0.15) is 22.3 Å². The number of esters is 1. The zero-order valence-corrected chi connectivity index (χ0v) is 15.8. The normalized spacial score (nSPS) is 11.0. The number of nitrogens with zero attached hydrogens (tertiary/aromatic N) is 1. The summed E-state index contributed by atoms with van der Waals surface area (Å²) in [4.78, 5) is 16.1. The van der Waals surface area contributed by atoms with E-state index in [1.807, 2.05) is 0 Å². The van der Waals surface area contributed by atoms with Crippen molar-refractivity contribution in [3.8, 4) is 11.5 Å². The molecule has 10 heteroatoms. The highest BCUT2D eigenvalue weighted by Crippen LogP contribution is 2.31. The molecule has 2 aromatic rings. The molecule has 0 bridgehead atoms. The third-order valence-electron chi connectivity index (χ3n) is 3.14. The maximum absolute atomic E-state index is 12.5. The molecule has 1 aromatic carbocycles. The molecule has 8 nitrogen and oxygen atoms in total. The van der Waals surface area contributed by atoms with E-state index in [2.05, 4.69) is 9.71 Å². The highest BCUT2D eigenvalue weighted by atomic mass is 32.2. The van der Waals surface area contributed by atoms with E-state index in [4.69, 9.17) is 14.2 Å². The molecule has 136 valence electrons. The molecule has 0 aliphatic rings. The Kier molecular flexibility index (Phi) is 5.85. The molecule has 0 saturated heterocycles. The summed E-state index contributed by atoms with van der Waals surface area (Å²) in [5.41, 5.74) is 0.397. The van der Waals surface area contributed by atoms with Gasteiger partial charge in [0.25, 0.3) is 10.0 Å². The second kappa shape index (κ2) is 7.70. The fourth-order valence-corrected chi connectivity index (χ4v) is 4.09. The van der Waals surface area contributed by atoms with Crippen LogP contribution in [0.4, 0.5) is 5.13 Å². The third kappa shape index (κ3) is 4.20. The van der Waals surface area contributed by atoms with Crippen LogP contribution in [-0.4, -0.2) is 40.2 Å². The number of ether oxygens (including phenoxy) is 3. The van der Waals surface area contributed by atoms with Crippen LogP contribution in [0.15, 0.2) is 23.1 Å². The van der Waals surface area contributed by atoms with Crippen LogP contribution in [0.25, 0.3) is 0 Å². The van der Waals surface area contributed by atoms with Crippen molar-refractivity contribution in [2.75, 3.05) is 25.5 Å². The fourth-order valence-electron chi connectivity index (χ4n) is 1.98. The topological polar surface area (TPSA) is 104 Å². The molecule has 0 spiro atoms. The number of benzene rings is 1. The molecule has 0 fully saturated rings. The largest absolute Gasteiger partial charge is 0.493 e. The lowest BCUT2D eigenvalue weighted by Crippen LogP contribution is -2.13. The Balaban J connectivity index is 2.30. The maximum atomic E-state index is 12.5. The lowest BCUT2D eigenvalue weighted by atomic mass is 10.3. The Morgan fingerprint density at radius 1 is 1.24 bits per heavy atom. The van der Waals surface area contributed by atoms with Gasteiger partial charge in [0.05, 0.1) is 31.4 Å². The van der Waals surface area contributed by atoms with Crippen molar-refractivity contribution in [3.63, 3.8) is 0 Å². The molecular formula is C15H18N2O6S2. The van der Waals surface area contributed by atoms with Gasteiger partial charge in [0.2, 0.25) is 0 Å². The molecule has 0 saturated carbocycles. The van der Waals surface area contributed by atoms with Crippen LogP contribution < -0.4 is 14.2 Å². The number of hydrogen-bond acceptors (Lipinski definition) is 8. The van der Waals surface area contributed by atoms with Crippen LogP contribution in [0.5, 0.6) is 11.5 Å². The summed E-state index contributed by atoms with van der Waals surface area (Å²) in [5.74, 6) is 0.165. The van der Waals surface area contributed by atoms with Crippen LogP contribution >= 0.6 is 11.3 Å². The van der Waals surface area contributed by atoms with E-state index in [1.165, 1.54) is 32.4 Å². The van der Waals surface area contributed by atoms with Gasteiger partial charge in [-0.1, -0.05) is 11.3 Å². The minimum absolute atomic E-state index is 0.0179. The minimum atomic E-state index is -3.90. The SMILES string of the molecule is CCOC(=O)c1sc(NS(=O)(=O)c2ccc(OC)c(OC)c2)nc1C. The molecule has 1 heterocycles. The summed E-state index contributed by atoms with van der Waals surface area (Å²) in [6, 6.07) is 4.22. The lowest BCUT2D eigenvalue weighted by molar-refractivity contribution is 0.0531. The van der Waals surface area contributed by atoms with E-state index in [1.54, 1.807) is 13.8 Å². The van der Waals surface area contributed by atoms with Crippen molar-refractivity contribution in [2.24, 2.45) is 0 Å². The van der Waals surface area contributed by atoms with Crippen molar-refractivity contribution in [1.82, 2.24) is 4.98 Å². The second-order valence-electron chi connectivity index (χ2n) is 4.78. The highest BCUT2D eigenvalue weighted by Gasteiger charge is 2.22. The van der Waals surface area contributed by atoms with Gasteiger partial charge in [-0.15, -0.1) is 0 Å². The van der Waals surface area contributed by atoms with Crippen LogP contribution in [0.2, 0.25) is 0 Å². The van der Waals surface area contributed by atoms with Gasteiger partial charge < -0.3 is 14.2 Å². The number of thiazole rings is 1. The first-order chi connectivity index (χ1) is 11.8. The molecule has 0 amide bonds. The van der Waals surface area contributed by atoms with Gasteiger partial charge in [-0.2, -0.15) is 0 Å². The van der Waals surface area contributed by atoms with E-state index in [0.29, 0.717) is 11.4 Å². The maximum Gasteiger partial charge on any atom is 0.350 e. The first-order valence-electron chi connectivity index (χ1n) is 7.21. The van der Waals surface area contributed by atoms with Crippen molar-refractivity contribution in [1.29, 1.82) is 0 Å². The van der Waals surface area contributed by atoms with Gasteiger partial charge in [0.1, 0.15) is 4.88 Å². The molecule has 0 aliphatic heterocycles. The number of methoxy groups -OCH3 is 2. The van der Waals surface area contributed by atoms with E-state index < -0.39 is 16.0 Å². The van der Waals surface area contributed by atoms with Gasteiger partial charge in [-0.3, -0.25) is 4.72 Å². The van der Waals surface area contributed by atoms with Crippen LogP contribution in [0.3, 0.4) is 0 Å². The lowest BCUT2D eigenvalue weighted by Gasteiger charge is -2.10. The number of hydrogen-bond donors (Lipinski definition) is 1. The number of aryl methyl sites for hydroxylation is 1. The summed E-state index contributed by atoms with van der Waals surface area (Å²) in [6.07, 6.45) is 0. The first kappa shape index (κ1) is 19.0. The molecule has 1 N–H and O–H groups in total.